The maximum Gasteiger partial charge on any atom is 0.246 e. The second-order valence-electron chi connectivity index (χ2n) is 6.64. The molecule has 0 bridgehead atoms. The number of likely N-dealkylation sites (tertiary alicyclic amines) is 1. The van der Waals surface area contributed by atoms with Crippen LogP contribution in [0.4, 0.5) is 21.8 Å². The van der Waals surface area contributed by atoms with Crippen LogP contribution >= 0.6 is 0 Å². The Morgan fingerprint density at radius 2 is 2.10 bits per heavy atom. The van der Waals surface area contributed by atoms with E-state index in [2.05, 4.69) is 38.7 Å². The Kier molecular flexibility index (Phi) is 6.76. The number of amides is 1. The molecule has 3 rings (SSSR count). The van der Waals surface area contributed by atoms with Gasteiger partial charge in [-0.1, -0.05) is 19.2 Å². The van der Waals surface area contributed by atoms with Gasteiger partial charge in [-0.2, -0.15) is 4.98 Å². The summed E-state index contributed by atoms with van der Waals surface area (Å²) in [4.78, 5) is 25.7. The third-order valence-corrected chi connectivity index (χ3v) is 4.53. The van der Waals surface area contributed by atoms with E-state index in [1.807, 2.05) is 13.0 Å². The molecular weight excluding hydrogens is 399 g/mol. The summed E-state index contributed by atoms with van der Waals surface area (Å²) in [6, 6.07) is 3.43. The Bertz CT molecular complexity index is 1060. The number of halogens is 1. The first-order chi connectivity index (χ1) is 14.9. The number of allylic oxidation sites excluding steroid dienone is 2. The molecule has 0 radical (unpaired) electrons. The fraction of sp³-hybridized carbons (Fsp3) is 0.182. The average molecular weight is 422 g/mol. The summed E-state index contributed by atoms with van der Waals surface area (Å²) in [6.07, 6.45) is 7.51. The molecule has 1 aliphatic rings. The van der Waals surface area contributed by atoms with Gasteiger partial charge in [0.15, 0.2) is 11.6 Å². The van der Waals surface area contributed by atoms with E-state index in [1.54, 1.807) is 29.3 Å². The van der Waals surface area contributed by atoms with Crippen molar-refractivity contribution in [3.05, 3.63) is 78.6 Å². The molecule has 1 saturated heterocycles. The van der Waals surface area contributed by atoms with Crippen LogP contribution in [0.25, 0.3) is 0 Å². The van der Waals surface area contributed by atoms with Crippen molar-refractivity contribution < 1.29 is 13.9 Å². The van der Waals surface area contributed by atoms with E-state index in [4.69, 9.17) is 4.74 Å². The number of hydrogen-bond acceptors (Lipinski definition) is 7. The Hall–Kier alpha value is -4.01. The van der Waals surface area contributed by atoms with Crippen LogP contribution in [0.15, 0.2) is 72.8 Å². The summed E-state index contributed by atoms with van der Waals surface area (Å²) in [5.41, 5.74) is 2.92. The van der Waals surface area contributed by atoms with Gasteiger partial charge in [0.2, 0.25) is 17.7 Å². The van der Waals surface area contributed by atoms with Crippen molar-refractivity contribution >= 4 is 23.4 Å². The molecule has 0 atom stereocenters. The molecule has 2 N–H and O–H groups in total. The lowest BCUT2D eigenvalue weighted by molar-refractivity contribution is -0.124. The second kappa shape index (κ2) is 9.66. The molecule has 160 valence electrons. The van der Waals surface area contributed by atoms with Crippen LogP contribution in [0.5, 0.6) is 5.88 Å². The van der Waals surface area contributed by atoms with Gasteiger partial charge in [-0.05, 0) is 36.3 Å². The van der Waals surface area contributed by atoms with Crippen molar-refractivity contribution in [2.75, 3.05) is 30.8 Å². The molecule has 1 fully saturated rings. The predicted molar refractivity (Wildman–Crippen MR) is 117 cm³/mol. The van der Waals surface area contributed by atoms with Crippen LogP contribution in [0, 0.1) is 5.82 Å². The number of rotatable bonds is 7. The zero-order chi connectivity index (χ0) is 22.4. The van der Waals surface area contributed by atoms with E-state index < -0.39 is 5.82 Å². The highest BCUT2D eigenvalue weighted by Crippen LogP contribution is 2.24. The smallest absolute Gasteiger partial charge is 0.246 e. The maximum atomic E-state index is 14.3. The van der Waals surface area contributed by atoms with Gasteiger partial charge in [0.25, 0.3) is 0 Å². The molecule has 2 aromatic heterocycles. The van der Waals surface area contributed by atoms with E-state index in [-0.39, 0.29) is 17.7 Å². The number of methoxy groups -OCH3 is 1. The maximum absolute atomic E-state index is 14.3. The normalized spacial score (nSPS) is 15.2. The molecule has 1 aliphatic heterocycles. The summed E-state index contributed by atoms with van der Waals surface area (Å²) in [5, 5.41) is 5.93. The predicted octanol–water partition coefficient (Wildman–Crippen LogP) is 3.59. The van der Waals surface area contributed by atoms with Gasteiger partial charge in [-0.25, -0.2) is 14.4 Å². The molecule has 1 amide bonds. The topological polar surface area (TPSA) is 92.3 Å². The largest absolute Gasteiger partial charge is 0.481 e. The molecule has 8 nitrogen and oxygen atoms in total. The van der Waals surface area contributed by atoms with Gasteiger partial charge < -0.3 is 20.3 Å². The number of nitrogens with one attached hydrogen (secondary N) is 2. The molecular formula is C22H23FN6O2. The summed E-state index contributed by atoms with van der Waals surface area (Å²) in [7, 11) is 1.53. The van der Waals surface area contributed by atoms with Crippen molar-refractivity contribution in [1.29, 1.82) is 0 Å². The molecule has 0 unspecified atom stereocenters. The first kappa shape index (κ1) is 21.7. The van der Waals surface area contributed by atoms with E-state index in [0.717, 1.165) is 17.3 Å². The summed E-state index contributed by atoms with van der Waals surface area (Å²) < 4.78 is 19.4. The third kappa shape index (κ3) is 5.33. The number of nitrogens with zero attached hydrogens (tertiary/aromatic N) is 4. The van der Waals surface area contributed by atoms with E-state index in [9.17, 15) is 9.18 Å². The highest BCUT2D eigenvalue weighted by atomic mass is 19.1. The second-order valence-corrected chi connectivity index (χ2v) is 6.64. The van der Waals surface area contributed by atoms with Gasteiger partial charge in [-0.15, -0.1) is 0 Å². The minimum Gasteiger partial charge on any atom is -0.481 e. The van der Waals surface area contributed by atoms with Crippen LogP contribution in [-0.2, 0) is 4.79 Å². The van der Waals surface area contributed by atoms with Crippen LogP contribution < -0.4 is 15.4 Å². The molecule has 0 aromatic carbocycles. The first-order valence-corrected chi connectivity index (χ1v) is 9.46. The number of hydrogen-bond donors (Lipinski definition) is 2. The van der Waals surface area contributed by atoms with Crippen molar-refractivity contribution in [1.82, 2.24) is 19.9 Å². The Labute approximate surface area is 179 Å². The highest BCUT2D eigenvalue weighted by Gasteiger charge is 2.23. The number of aromatic nitrogens is 3. The highest BCUT2D eigenvalue weighted by molar-refractivity contribution is 5.88. The lowest BCUT2D eigenvalue weighted by atomic mass is 10.1. The lowest BCUT2D eigenvalue weighted by Crippen LogP contribution is -2.25. The van der Waals surface area contributed by atoms with E-state index in [1.165, 1.54) is 13.2 Å². The van der Waals surface area contributed by atoms with E-state index in [0.29, 0.717) is 30.4 Å². The summed E-state index contributed by atoms with van der Waals surface area (Å²) >= 11 is 0. The average Bonchev–Trinajstić information content (AvgIpc) is 3.15. The number of pyridine rings is 1. The van der Waals surface area contributed by atoms with Gasteiger partial charge in [0, 0.05) is 24.9 Å². The monoisotopic (exact) mass is 422 g/mol. The molecule has 9 heteroatoms. The van der Waals surface area contributed by atoms with Gasteiger partial charge in [-0.3, -0.25) is 4.79 Å². The van der Waals surface area contributed by atoms with Crippen molar-refractivity contribution in [2.24, 2.45) is 0 Å². The molecule has 3 heterocycles. The minimum absolute atomic E-state index is 0.00607. The SMILES string of the molecule is C=CC(=O)N1CC(=C)/C(=C\C(=C/C)Nc2nc(Nc3ccc(OC)nc3)ncc2F)C1. The fourth-order valence-corrected chi connectivity index (χ4v) is 2.87. The number of carbonyl (C=O) groups excluding carboxylic acids is 1. The summed E-state index contributed by atoms with van der Waals surface area (Å²) in [6.45, 7) is 10.2. The molecule has 31 heavy (non-hydrogen) atoms. The van der Waals surface area contributed by atoms with E-state index >= 15 is 0 Å². The Morgan fingerprint density at radius 3 is 2.74 bits per heavy atom. The van der Waals surface area contributed by atoms with Crippen LogP contribution in [0.3, 0.4) is 0 Å². The fourth-order valence-electron chi connectivity index (χ4n) is 2.87. The van der Waals surface area contributed by atoms with Crippen LogP contribution in [0.1, 0.15) is 6.92 Å². The number of anilines is 3. The molecule has 0 saturated carbocycles. The molecule has 0 spiro atoms. The van der Waals surface area contributed by atoms with Gasteiger partial charge in [0.05, 0.1) is 25.2 Å². The summed E-state index contributed by atoms with van der Waals surface area (Å²) in [5.74, 6) is -0.0888. The lowest BCUT2D eigenvalue weighted by Gasteiger charge is -2.12. The van der Waals surface area contributed by atoms with Crippen LogP contribution in [-0.4, -0.2) is 46.0 Å². The number of carbonyl (C=O) groups is 1. The molecule has 0 aliphatic carbocycles. The van der Waals surface area contributed by atoms with Crippen molar-refractivity contribution in [3.8, 4) is 5.88 Å². The Morgan fingerprint density at radius 1 is 1.29 bits per heavy atom. The van der Waals surface area contributed by atoms with Gasteiger partial charge >= 0.3 is 0 Å². The number of ether oxygens (including phenoxy) is 1. The first-order valence-electron chi connectivity index (χ1n) is 9.46. The van der Waals surface area contributed by atoms with Gasteiger partial charge in [0.1, 0.15) is 0 Å². The Balaban J connectivity index is 1.76. The zero-order valence-corrected chi connectivity index (χ0v) is 17.4. The van der Waals surface area contributed by atoms with Crippen molar-refractivity contribution in [3.63, 3.8) is 0 Å². The molecule has 2 aromatic rings. The van der Waals surface area contributed by atoms with Crippen molar-refractivity contribution in [2.45, 2.75) is 6.92 Å². The quantitative estimate of drug-likeness (QED) is 0.659. The zero-order valence-electron chi connectivity index (χ0n) is 17.4. The third-order valence-electron chi connectivity index (χ3n) is 4.53. The minimum atomic E-state index is -0.607. The van der Waals surface area contributed by atoms with Crippen LogP contribution in [0.2, 0.25) is 0 Å². The standard InChI is InChI=1S/C22H23FN6O2/c1-5-16(9-15-13-29(12-14(15)3)20(30)6-2)26-21-18(23)11-25-22(28-21)27-17-7-8-19(31-4)24-10-17/h5-11H,2-3,12-13H2,1,4H3,(H2,25,26,27,28)/b15-9-,16-5+.